The first-order valence-electron chi connectivity index (χ1n) is 9.40. The molecule has 0 atom stereocenters. The zero-order valence-electron chi connectivity index (χ0n) is 17.1. The third-order valence-electron chi connectivity index (χ3n) is 4.62. The van der Waals surface area contributed by atoms with E-state index < -0.39 is 10.0 Å². The van der Waals surface area contributed by atoms with Crippen LogP contribution in [0, 0.1) is 13.8 Å². The van der Waals surface area contributed by atoms with Crippen LogP contribution in [0.2, 0.25) is 0 Å². The Hall–Kier alpha value is -3.32. The maximum absolute atomic E-state index is 12.9. The molecule has 0 aliphatic rings. The molecule has 0 bridgehead atoms. The molecule has 3 aromatic carbocycles. The number of benzene rings is 3. The highest BCUT2D eigenvalue weighted by molar-refractivity contribution is 7.92. The molecule has 0 aromatic heterocycles. The number of nitrogens with one attached hydrogen (secondary N) is 2. The molecule has 0 aliphatic carbocycles. The molecule has 0 spiro atoms. The number of amides is 1. The second-order valence-corrected chi connectivity index (χ2v) is 8.64. The minimum atomic E-state index is -3.84. The molecule has 0 saturated carbocycles. The third kappa shape index (κ3) is 5.18. The van der Waals surface area contributed by atoms with Crippen molar-refractivity contribution in [2.24, 2.45) is 0 Å². The molecule has 156 valence electrons. The van der Waals surface area contributed by atoms with Crippen molar-refractivity contribution >= 4 is 21.6 Å². The number of methoxy groups -OCH3 is 1. The fourth-order valence-corrected chi connectivity index (χ4v) is 4.30. The lowest BCUT2D eigenvalue weighted by molar-refractivity contribution is 0.0950. The fourth-order valence-electron chi connectivity index (χ4n) is 2.98. The van der Waals surface area contributed by atoms with Gasteiger partial charge in [-0.3, -0.25) is 9.52 Å². The van der Waals surface area contributed by atoms with E-state index in [0.717, 1.165) is 16.9 Å². The Kier molecular flexibility index (Phi) is 6.42. The van der Waals surface area contributed by atoms with E-state index in [2.05, 4.69) is 10.0 Å². The van der Waals surface area contributed by atoms with E-state index in [1.165, 1.54) is 6.07 Å². The number of hydrogen-bond donors (Lipinski definition) is 2. The molecule has 0 aliphatic heterocycles. The SMILES string of the molecule is COc1ccc(CNC(=O)c2ccc(C)c(S(=O)(=O)Nc3cccc(C)c3)c2)cc1. The molecule has 1 amide bonds. The Morgan fingerprint density at radius 2 is 1.70 bits per heavy atom. The zero-order valence-corrected chi connectivity index (χ0v) is 17.9. The molecule has 0 heterocycles. The molecule has 0 fully saturated rings. The quantitative estimate of drug-likeness (QED) is 0.599. The predicted molar refractivity (Wildman–Crippen MR) is 117 cm³/mol. The van der Waals surface area contributed by atoms with Gasteiger partial charge in [-0.15, -0.1) is 0 Å². The highest BCUT2D eigenvalue weighted by Crippen LogP contribution is 2.21. The second-order valence-electron chi connectivity index (χ2n) is 6.99. The van der Waals surface area contributed by atoms with E-state index in [9.17, 15) is 13.2 Å². The highest BCUT2D eigenvalue weighted by atomic mass is 32.2. The average molecular weight is 425 g/mol. The van der Waals surface area contributed by atoms with E-state index >= 15 is 0 Å². The normalized spacial score (nSPS) is 11.0. The lowest BCUT2D eigenvalue weighted by Crippen LogP contribution is -2.23. The molecule has 2 N–H and O–H groups in total. The van der Waals surface area contributed by atoms with E-state index in [-0.39, 0.29) is 16.4 Å². The lowest BCUT2D eigenvalue weighted by Gasteiger charge is -2.13. The van der Waals surface area contributed by atoms with Crippen LogP contribution in [0.25, 0.3) is 0 Å². The minimum absolute atomic E-state index is 0.0705. The van der Waals surface area contributed by atoms with Gasteiger partial charge in [0.2, 0.25) is 0 Å². The van der Waals surface area contributed by atoms with Crippen molar-refractivity contribution in [1.29, 1.82) is 0 Å². The van der Waals surface area contributed by atoms with Crippen LogP contribution in [-0.2, 0) is 16.6 Å². The summed E-state index contributed by atoms with van der Waals surface area (Å²) in [6.07, 6.45) is 0. The van der Waals surface area contributed by atoms with Crippen molar-refractivity contribution in [2.75, 3.05) is 11.8 Å². The molecule has 0 unspecified atom stereocenters. The molecular weight excluding hydrogens is 400 g/mol. The van der Waals surface area contributed by atoms with Gasteiger partial charge in [-0.05, 0) is 66.9 Å². The van der Waals surface area contributed by atoms with E-state index in [0.29, 0.717) is 17.8 Å². The standard InChI is InChI=1S/C23H24N2O4S/c1-16-5-4-6-20(13-16)25-30(27,28)22-14-19(10-7-17(22)2)23(26)24-15-18-8-11-21(29-3)12-9-18/h4-14,25H,15H2,1-3H3,(H,24,26). The molecule has 3 rings (SSSR count). The molecule has 7 heteroatoms. The number of anilines is 1. The van der Waals surface area contributed by atoms with Crippen LogP contribution >= 0.6 is 0 Å². The number of sulfonamides is 1. The summed E-state index contributed by atoms with van der Waals surface area (Å²) in [6, 6.07) is 19.1. The van der Waals surface area contributed by atoms with Gasteiger partial charge in [0.05, 0.1) is 12.0 Å². The number of rotatable bonds is 7. The summed E-state index contributed by atoms with van der Waals surface area (Å²) >= 11 is 0. The van der Waals surface area contributed by atoms with Crippen molar-refractivity contribution in [3.05, 3.63) is 89.0 Å². The topological polar surface area (TPSA) is 84.5 Å². The van der Waals surface area contributed by atoms with E-state index in [4.69, 9.17) is 4.74 Å². The van der Waals surface area contributed by atoms with Gasteiger partial charge in [0, 0.05) is 17.8 Å². The van der Waals surface area contributed by atoms with Gasteiger partial charge in [-0.2, -0.15) is 0 Å². The van der Waals surface area contributed by atoms with Crippen LogP contribution in [0.5, 0.6) is 5.75 Å². The van der Waals surface area contributed by atoms with Crippen LogP contribution < -0.4 is 14.8 Å². The number of carbonyl (C=O) groups is 1. The van der Waals surface area contributed by atoms with Gasteiger partial charge >= 0.3 is 0 Å². The summed E-state index contributed by atoms with van der Waals surface area (Å²) in [7, 11) is -2.24. The largest absolute Gasteiger partial charge is 0.497 e. The molecule has 6 nitrogen and oxygen atoms in total. The molecular formula is C23H24N2O4S. The van der Waals surface area contributed by atoms with Crippen LogP contribution in [0.15, 0.2) is 71.6 Å². The first-order chi connectivity index (χ1) is 14.3. The Morgan fingerprint density at radius 1 is 0.967 bits per heavy atom. The molecule has 0 saturated heterocycles. The van der Waals surface area contributed by atoms with Crippen LogP contribution in [0.3, 0.4) is 0 Å². The zero-order chi connectivity index (χ0) is 21.7. The van der Waals surface area contributed by atoms with Crippen LogP contribution in [0.1, 0.15) is 27.0 Å². The summed E-state index contributed by atoms with van der Waals surface area (Å²) in [6.45, 7) is 3.90. The Bertz CT molecular complexity index is 1160. The van der Waals surface area contributed by atoms with E-state index in [1.807, 2.05) is 37.3 Å². The van der Waals surface area contributed by atoms with Gasteiger partial charge in [-0.1, -0.05) is 30.3 Å². The second kappa shape index (κ2) is 9.00. The van der Waals surface area contributed by atoms with Crippen molar-refractivity contribution in [3.8, 4) is 5.75 Å². The van der Waals surface area contributed by atoms with Crippen LogP contribution in [0.4, 0.5) is 5.69 Å². The summed E-state index contributed by atoms with van der Waals surface area (Å²) in [4.78, 5) is 12.7. The first kappa shape index (κ1) is 21.4. The number of aryl methyl sites for hydroxylation is 2. The third-order valence-corrected chi connectivity index (χ3v) is 6.15. The van der Waals surface area contributed by atoms with Crippen molar-refractivity contribution < 1.29 is 17.9 Å². The van der Waals surface area contributed by atoms with E-state index in [1.54, 1.807) is 44.4 Å². The Morgan fingerprint density at radius 3 is 2.37 bits per heavy atom. The first-order valence-corrected chi connectivity index (χ1v) is 10.9. The number of ether oxygens (including phenoxy) is 1. The van der Waals surface area contributed by atoms with Gasteiger partial charge < -0.3 is 10.1 Å². The maximum Gasteiger partial charge on any atom is 0.262 e. The minimum Gasteiger partial charge on any atom is -0.497 e. The van der Waals surface area contributed by atoms with Crippen molar-refractivity contribution in [1.82, 2.24) is 5.32 Å². The number of hydrogen-bond acceptors (Lipinski definition) is 4. The van der Waals surface area contributed by atoms with Gasteiger partial charge in [0.15, 0.2) is 0 Å². The van der Waals surface area contributed by atoms with Gasteiger partial charge in [-0.25, -0.2) is 8.42 Å². The Labute approximate surface area is 177 Å². The Balaban J connectivity index is 1.77. The van der Waals surface area contributed by atoms with Crippen molar-refractivity contribution in [2.45, 2.75) is 25.3 Å². The van der Waals surface area contributed by atoms with Gasteiger partial charge in [0.1, 0.15) is 5.75 Å². The summed E-state index contributed by atoms with van der Waals surface area (Å²) in [5, 5.41) is 2.81. The van der Waals surface area contributed by atoms with Gasteiger partial charge in [0.25, 0.3) is 15.9 Å². The average Bonchev–Trinajstić information content (AvgIpc) is 2.72. The predicted octanol–water partition coefficient (Wildman–Crippen LogP) is 4.04. The molecule has 30 heavy (non-hydrogen) atoms. The molecule has 3 aromatic rings. The summed E-state index contributed by atoms with van der Waals surface area (Å²) in [5.74, 6) is 0.386. The fraction of sp³-hybridized carbons (Fsp3) is 0.174. The molecule has 0 radical (unpaired) electrons. The summed E-state index contributed by atoms with van der Waals surface area (Å²) in [5.41, 5.74) is 3.16. The van der Waals surface area contributed by atoms with Crippen LogP contribution in [-0.4, -0.2) is 21.4 Å². The lowest BCUT2D eigenvalue weighted by atomic mass is 10.1. The highest BCUT2D eigenvalue weighted by Gasteiger charge is 2.19. The van der Waals surface area contributed by atoms with Crippen molar-refractivity contribution in [3.63, 3.8) is 0 Å². The number of carbonyl (C=O) groups excluding carboxylic acids is 1. The summed E-state index contributed by atoms with van der Waals surface area (Å²) < 4.78 is 33.5. The maximum atomic E-state index is 12.9. The smallest absolute Gasteiger partial charge is 0.262 e. The monoisotopic (exact) mass is 424 g/mol.